The molecule has 2 fully saturated rings. The van der Waals surface area contributed by atoms with Crippen LogP contribution in [0.1, 0.15) is 25.7 Å². The van der Waals surface area contributed by atoms with E-state index in [1.165, 1.54) is 0 Å². The molecular weight excluding hydrogens is 270 g/mol. The number of carboxylic acid groups (broad SMARTS) is 1. The highest BCUT2D eigenvalue weighted by Gasteiger charge is 2.53. The summed E-state index contributed by atoms with van der Waals surface area (Å²) in [4.78, 5) is 27.7. The maximum Gasteiger partial charge on any atom is 0.307 e. The van der Waals surface area contributed by atoms with E-state index in [2.05, 4.69) is 10.3 Å². The molecule has 0 aromatic carbocycles. The number of fused-ring (bicyclic) bond motifs is 2. The van der Waals surface area contributed by atoms with E-state index in [0.717, 1.165) is 32.2 Å². The van der Waals surface area contributed by atoms with Gasteiger partial charge in [0.05, 0.1) is 18.2 Å². The Kier molecular flexibility index (Phi) is 3.94. The van der Waals surface area contributed by atoms with Crippen LogP contribution < -0.4 is 5.32 Å². The molecule has 2 aliphatic carbocycles. The number of nitrogens with one attached hydrogen (secondary N) is 1. The van der Waals surface area contributed by atoms with Crippen molar-refractivity contribution in [3.05, 3.63) is 18.7 Å². The molecule has 6 heteroatoms. The second kappa shape index (κ2) is 5.87. The lowest BCUT2D eigenvalue weighted by molar-refractivity contribution is -0.149. The second-order valence-electron chi connectivity index (χ2n) is 6.17. The van der Waals surface area contributed by atoms with Crippen molar-refractivity contribution in [3.63, 3.8) is 0 Å². The Labute approximate surface area is 123 Å². The Bertz CT molecular complexity index is 514. The van der Waals surface area contributed by atoms with Crippen LogP contribution in [0.5, 0.6) is 0 Å². The minimum absolute atomic E-state index is 0.0692. The molecule has 0 radical (unpaired) electrons. The van der Waals surface area contributed by atoms with E-state index in [-0.39, 0.29) is 23.7 Å². The van der Waals surface area contributed by atoms with Gasteiger partial charge in [-0.3, -0.25) is 9.59 Å². The Hall–Kier alpha value is -1.85. The van der Waals surface area contributed by atoms with E-state index in [9.17, 15) is 14.7 Å². The first kappa shape index (κ1) is 14.1. The molecule has 1 aromatic heterocycles. The number of hydrogen-bond acceptors (Lipinski definition) is 3. The van der Waals surface area contributed by atoms with Crippen molar-refractivity contribution in [2.24, 2.45) is 23.7 Å². The molecule has 6 nitrogen and oxygen atoms in total. The summed E-state index contributed by atoms with van der Waals surface area (Å²) >= 11 is 0. The fourth-order valence-corrected chi connectivity index (χ4v) is 4.03. The van der Waals surface area contributed by atoms with Crippen molar-refractivity contribution in [1.82, 2.24) is 14.9 Å². The van der Waals surface area contributed by atoms with Gasteiger partial charge in [-0.15, -0.1) is 0 Å². The smallest absolute Gasteiger partial charge is 0.307 e. The summed E-state index contributed by atoms with van der Waals surface area (Å²) in [7, 11) is 0. The van der Waals surface area contributed by atoms with Gasteiger partial charge in [0, 0.05) is 25.5 Å². The van der Waals surface area contributed by atoms with Crippen molar-refractivity contribution >= 4 is 11.9 Å². The molecule has 1 amide bonds. The summed E-state index contributed by atoms with van der Waals surface area (Å²) in [5, 5.41) is 12.3. The van der Waals surface area contributed by atoms with Crippen LogP contribution in [0.2, 0.25) is 0 Å². The van der Waals surface area contributed by atoms with E-state index in [4.69, 9.17) is 0 Å². The summed E-state index contributed by atoms with van der Waals surface area (Å²) in [5.41, 5.74) is 0. The zero-order valence-corrected chi connectivity index (χ0v) is 11.9. The first-order valence-electron chi connectivity index (χ1n) is 7.63. The fourth-order valence-electron chi connectivity index (χ4n) is 4.03. The van der Waals surface area contributed by atoms with Crippen molar-refractivity contribution in [2.75, 3.05) is 6.54 Å². The van der Waals surface area contributed by atoms with Crippen LogP contribution in [0, 0.1) is 23.7 Å². The van der Waals surface area contributed by atoms with Gasteiger partial charge in [-0.25, -0.2) is 4.98 Å². The van der Waals surface area contributed by atoms with Crippen molar-refractivity contribution in [3.8, 4) is 0 Å². The average molecular weight is 291 g/mol. The number of nitrogens with zero attached hydrogens (tertiary/aromatic N) is 2. The lowest BCUT2D eigenvalue weighted by atomic mass is 9.78. The number of imidazole rings is 1. The number of hydrogen-bond donors (Lipinski definition) is 2. The van der Waals surface area contributed by atoms with Crippen LogP contribution in [0.25, 0.3) is 0 Å². The summed E-state index contributed by atoms with van der Waals surface area (Å²) in [6.45, 7) is 1.39. The van der Waals surface area contributed by atoms with Gasteiger partial charge in [-0.2, -0.15) is 0 Å². The number of rotatable bonds is 6. The molecule has 0 saturated heterocycles. The third-order valence-electron chi connectivity index (χ3n) is 4.96. The van der Waals surface area contributed by atoms with Gasteiger partial charge < -0.3 is 15.0 Å². The van der Waals surface area contributed by atoms with Crippen LogP contribution in [-0.2, 0) is 16.1 Å². The quantitative estimate of drug-likeness (QED) is 0.770. The Morgan fingerprint density at radius 3 is 2.71 bits per heavy atom. The van der Waals surface area contributed by atoms with Crippen LogP contribution >= 0.6 is 0 Å². The molecule has 2 N–H and O–H groups in total. The highest BCUT2D eigenvalue weighted by atomic mass is 16.4. The number of amides is 1. The molecule has 4 atom stereocenters. The first-order chi connectivity index (χ1) is 10.2. The van der Waals surface area contributed by atoms with E-state index >= 15 is 0 Å². The third kappa shape index (κ3) is 2.80. The number of carbonyl (C=O) groups excluding carboxylic acids is 1. The summed E-state index contributed by atoms with van der Waals surface area (Å²) in [5.74, 6) is -1.20. The number of aliphatic carboxylic acids is 1. The van der Waals surface area contributed by atoms with Crippen LogP contribution in [0.15, 0.2) is 18.7 Å². The summed E-state index contributed by atoms with van der Waals surface area (Å²) in [6.07, 6.45) is 9.06. The predicted octanol–water partition coefficient (Wildman–Crippen LogP) is 1.14. The maximum atomic E-state index is 12.3. The SMILES string of the molecule is O=C(O)[C@H]1[C@H]2CC[C@H](C2)[C@@H]1C(=O)NCCCn1ccnc1. The lowest BCUT2D eigenvalue weighted by Gasteiger charge is -2.27. The molecule has 1 heterocycles. The molecule has 1 aromatic rings. The Balaban J connectivity index is 1.49. The van der Waals surface area contributed by atoms with E-state index in [1.54, 1.807) is 12.5 Å². The first-order valence-corrected chi connectivity index (χ1v) is 7.63. The molecule has 3 rings (SSSR count). The van der Waals surface area contributed by atoms with Crippen LogP contribution in [-0.4, -0.2) is 33.1 Å². The molecule has 0 aliphatic heterocycles. The summed E-state index contributed by atoms with van der Waals surface area (Å²) in [6, 6.07) is 0. The Morgan fingerprint density at radius 2 is 2.05 bits per heavy atom. The van der Waals surface area contributed by atoms with Crippen LogP contribution in [0.3, 0.4) is 0 Å². The molecule has 2 saturated carbocycles. The topological polar surface area (TPSA) is 84.2 Å². The Morgan fingerprint density at radius 1 is 1.29 bits per heavy atom. The minimum atomic E-state index is -0.805. The lowest BCUT2D eigenvalue weighted by Crippen LogP contribution is -2.41. The number of carbonyl (C=O) groups is 2. The predicted molar refractivity (Wildman–Crippen MR) is 75.3 cm³/mol. The third-order valence-corrected chi connectivity index (χ3v) is 4.96. The van der Waals surface area contributed by atoms with Crippen LogP contribution in [0.4, 0.5) is 0 Å². The van der Waals surface area contributed by atoms with Gasteiger partial charge in [-0.05, 0) is 37.5 Å². The monoisotopic (exact) mass is 291 g/mol. The standard InChI is InChI=1S/C15H21N3O3/c19-14(17-4-1-6-18-7-5-16-9-18)12-10-2-3-11(8-10)13(12)15(20)21/h5,7,9-13H,1-4,6,8H2,(H,17,19)(H,20,21)/t10-,11+,12+,13+/m1/s1. The van der Waals surface area contributed by atoms with Gasteiger partial charge in [0.25, 0.3) is 0 Å². The van der Waals surface area contributed by atoms with E-state index in [1.807, 2.05) is 10.8 Å². The maximum absolute atomic E-state index is 12.3. The van der Waals surface area contributed by atoms with Crippen molar-refractivity contribution in [1.29, 1.82) is 0 Å². The second-order valence-corrected chi connectivity index (χ2v) is 6.17. The zero-order chi connectivity index (χ0) is 14.8. The minimum Gasteiger partial charge on any atom is -0.481 e. The average Bonchev–Trinajstić information content (AvgIpc) is 3.18. The van der Waals surface area contributed by atoms with Gasteiger partial charge in [0.1, 0.15) is 0 Å². The van der Waals surface area contributed by atoms with Gasteiger partial charge >= 0.3 is 5.97 Å². The van der Waals surface area contributed by atoms with Crippen molar-refractivity contribution in [2.45, 2.75) is 32.2 Å². The normalized spacial score (nSPS) is 30.5. The highest BCUT2D eigenvalue weighted by Crippen LogP contribution is 2.52. The number of aromatic nitrogens is 2. The van der Waals surface area contributed by atoms with E-state index in [0.29, 0.717) is 6.54 Å². The molecular formula is C15H21N3O3. The fraction of sp³-hybridized carbons (Fsp3) is 0.667. The van der Waals surface area contributed by atoms with E-state index < -0.39 is 11.9 Å². The number of carboxylic acids is 1. The molecule has 114 valence electrons. The van der Waals surface area contributed by atoms with Gasteiger partial charge in [0.2, 0.25) is 5.91 Å². The largest absolute Gasteiger partial charge is 0.481 e. The number of aryl methyl sites for hydroxylation is 1. The molecule has 0 spiro atoms. The van der Waals surface area contributed by atoms with Crippen molar-refractivity contribution < 1.29 is 14.7 Å². The van der Waals surface area contributed by atoms with Gasteiger partial charge in [-0.1, -0.05) is 0 Å². The molecule has 21 heavy (non-hydrogen) atoms. The highest BCUT2D eigenvalue weighted by molar-refractivity contribution is 5.86. The summed E-state index contributed by atoms with van der Waals surface area (Å²) < 4.78 is 1.96. The molecule has 0 unspecified atom stereocenters. The zero-order valence-electron chi connectivity index (χ0n) is 11.9. The van der Waals surface area contributed by atoms with Gasteiger partial charge in [0.15, 0.2) is 0 Å². The molecule has 2 aliphatic rings. The molecule has 2 bridgehead atoms.